The van der Waals surface area contributed by atoms with Crippen molar-refractivity contribution in [2.24, 2.45) is 0 Å². The Kier molecular flexibility index (Phi) is 29.1. The van der Waals surface area contributed by atoms with E-state index in [0.717, 1.165) is 17.1 Å². The molecule has 4 unspecified atom stereocenters. The van der Waals surface area contributed by atoms with E-state index in [4.69, 9.17) is 36.7 Å². The summed E-state index contributed by atoms with van der Waals surface area (Å²) in [7, 11) is -13.1. The van der Waals surface area contributed by atoms with E-state index < -0.39 is 41.1 Å². The summed E-state index contributed by atoms with van der Waals surface area (Å²) in [6.45, 7) is 0. The van der Waals surface area contributed by atoms with Gasteiger partial charge in [-0.1, -0.05) is 164 Å². The van der Waals surface area contributed by atoms with Gasteiger partial charge in [-0.15, -0.1) is 0 Å². The quantitative estimate of drug-likeness (QED) is 0.0168. The third kappa shape index (κ3) is 22.2. The number of para-hydroxylation sites is 3. The highest BCUT2D eigenvalue weighted by Crippen LogP contribution is 2.47. The van der Waals surface area contributed by atoms with E-state index >= 15 is 0 Å². The molecule has 3 saturated heterocycles. The maximum Gasteiger partial charge on any atom is 0.356 e. The molecule has 15 N–H and O–H groups in total. The summed E-state index contributed by atoms with van der Waals surface area (Å²) in [6.07, 6.45) is 3.17. The topological polar surface area (TPSA) is 340 Å². The average Bonchev–Trinajstić information content (AvgIpc) is 1.64. The van der Waals surface area contributed by atoms with Crippen molar-refractivity contribution in [1.29, 1.82) is 0 Å². The number of anilines is 3. The zero-order chi connectivity index (χ0) is 87.4. The third-order valence-electron chi connectivity index (χ3n) is 22.1. The average molecular weight is 1780 g/mol. The van der Waals surface area contributed by atoms with Gasteiger partial charge in [-0.3, -0.25) is 13.7 Å². The van der Waals surface area contributed by atoms with Crippen molar-refractivity contribution in [2.45, 2.75) is 112 Å². The van der Waals surface area contributed by atoms with Crippen LogP contribution in [0.1, 0.15) is 128 Å². The molecule has 3 heterocycles. The molecule has 123 heavy (non-hydrogen) atoms. The molecule has 9 atom stereocenters. The predicted octanol–water partition coefficient (Wildman–Crippen LogP) is 17.1. The van der Waals surface area contributed by atoms with Crippen molar-refractivity contribution >= 4 is 108 Å². The summed E-state index contributed by atoms with van der Waals surface area (Å²) in [5.74, 6) is -0.853. The number of aliphatic hydroxyl groups excluding tert-OH is 3. The molecule has 0 amide bonds. The molecule has 0 aliphatic carbocycles. The van der Waals surface area contributed by atoms with E-state index in [0.29, 0.717) is 140 Å². The van der Waals surface area contributed by atoms with Crippen molar-refractivity contribution in [2.75, 3.05) is 14.7 Å². The molecule has 3 fully saturated rings. The molecule has 0 radical (unpaired) electrons. The Labute approximate surface area is 725 Å². The number of benzene rings is 12. The second kappa shape index (κ2) is 39.8. The van der Waals surface area contributed by atoms with Crippen LogP contribution in [0.15, 0.2) is 291 Å². The Hall–Kier alpha value is -10.8. The molecule has 12 aromatic rings. The van der Waals surface area contributed by atoms with Gasteiger partial charge in [0.2, 0.25) is 0 Å². The first-order valence-electron chi connectivity index (χ1n) is 39.6. The van der Waals surface area contributed by atoms with E-state index in [1.165, 1.54) is 72.8 Å². The van der Waals surface area contributed by atoms with Crippen LogP contribution in [-0.4, -0.2) is 93.5 Å². The van der Waals surface area contributed by atoms with Crippen LogP contribution in [0.5, 0.6) is 17.2 Å². The lowest BCUT2D eigenvalue weighted by Gasteiger charge is -2.29. The lowest BCUT2D eigenvalue weighted by atomic mass is 9.92. The number of thiocarbonyl (C=S) groups is 3. The summed E-state index contributed by atoms with van der Waals surface area (Å²) in [4.78, 5) is 62.4. The highest BCUT2D eigenvalue weighted by Gasteiger charge is 2.44. The van der Waals surface area contributed by atoms with Gasteiger partial charge in [-0.2, -0.15) is 0 Å². The van der Waals surface area contributed by atoms with Crippen LogP contribution in [0, 0.1) is 17.5 Å². The summed E-state index contributed by atoms with van der Waals surface area (Å²) in [5, 5.41) is 77.3. The lowest BCUT2D eigenvalue weighted by molar-refractivity contribution is 0.162. The smallest absolute Gasteiger partial charge is 0.356 e. The minimum Gasteiger partial charge on any atom is -0.508 e. The maximum atomic E-state index is 13.3. The maximum absolute atomic E-state index is 13.3. The number of phenolic OH excluding ortho intramolecular Hbond substituents is 3. The predicted molar refractivity (Wildman–Crippen MR) is 485 cm³/mol. The first kappa shape index (κ1) is 90.0. The molecule has 15 rings (SSSR count). The van der Waals surface area contributed by atoms with Gasteiger partial charge in [-0.05, 0) is 272 Å². The Balaban J connectivity index is 0.000000159. The SMILES string of the molecule is O=P(O)(O)c1ccc(-c2ccc(C3C(CCCC(O)c4ccc(F)cc4)NC(=S)N3c3ccccc3)c(O)c2)cc1.O=P(O)(O)c1ccc(-c2ccc([C@@H]3[C@@H](CCCC(O)c4ccc(F)cc4)NC(=S)N3c3ccccc3)c(O)c2)cc1.O=P(O)(O)c1ccc(-c2ccc([C@@H]3[C@@H](CCC[C@@H](O)c4ccc(F)cc4)NC(=S)N3c3ccccc3)c(O)c2)cc1. The van der Waals surface area contributed by atoms with Gasteiger partial charge >= 0.3 is 22.8 Å². The first-order valence-corrected chi connectivity index (χ1v) is 45.6. The highest BCUT2D eigenvalue weighted by atomic mass is 32.1. The zero-order valence-corrected chi connectivity index (χ0v) is 71.0. The van der Waals surface area contributed by atoms with Gasteiger partial charge in [0.15, 0.2) is 15.3 Å². The monoisotopic (exact) mass is 1780 g/mol. The van der Waals surface area contributed by atoms with Crippen LogP contribution in [0.25, 0.3) is 33.4 Å². The van der Waals surface area contributed by atoms with Crippen molar-refractivity contribution in [3.8, 4) is 50.6 Å². The molecular formula is C93H90F3N6O15P3S3. The van der Waals surface area contributed by atoms with Gasteiger partial charge < -0.3 is 90.6 Å². The molecule has 0 bridgehead atoms. The number of aliphatic hydroxyl groups is 3. The van der Waals surface area contributed by atoms with E-state index in [-0.39, 0.29) is 86.9 Å². The minimum atomic E-state index is -4.35. The fourth-order valence-corrected chi connectivity index (χ4v) is 18.5. The fraction of sp³-hybridized carbons (Fsp3) is 0.194. The van der Waals surface area contributed by atoms with E-state index in [2.05, 4.69) is 16.0 Å². The van der Waals surface area contributed by atoms with Gasteiger partial charge in [0, 0.05) is 33.8 Å². The van der Waals surface area contributed by atoms with Gasteiger partial charge in [0.1, 0.15) is 34.7 Å². The number of hydrogen-bond donors (Lipinski definition) is 15. The Morgan fingerprint density at radius 3 is 0.740 bits per heavy atom. The molecule has 636 valence electrons. The second-order valence-corrected chi connectivity index (χ2v) is 36.2. The summed E-state index contributed by atoms with van der Waals surface area (Å²) in [6, 6.07) is 79.1. The molecule has 12 aromatic carbocycles. The normalized spacial score (nSPS) is 17.9. The molecule has 0 aromatic heterocycles. The molecule has 3 aliphatic heterocycles. The van der Waals surface area contributed by atoms with E-state index in [1.54, 1.807) is 91.0 Å². The van der Waals surface area contributed by atoms with Crippen molar-refractivity contribution in [3.63, 3.8) is 0 Å². The zero-order valence-electron chi connectivity index (χ0n) is 65.9. The number of nitrogens with one attached hydrogen (secondary N) is 3. The Morgan fingerprint density at radius 2 is 0.528 bits per heavy atom. The van der Waals surface area contributed by atoms with Gasteiger partial charge in [-0.25, -0.2) is 13.2 Å². The lowest BCUT2D eigenvalue weighted by Crippen LogP contribution is -2.29. The number of aromatic hydroxyl groups is 3. The fourth-order valence-electron chi connectivity index (χ4n) is 15.8. The van der Waals surface area contributed by atoms with Crippen molar-refractivity contribution < 1.29 is 86.9 Å². The molecule has 0 spiro atoms. The number of phenols is 3. The molecule has 0 saturated carbocycles. The van der Waals surface area contributed by atoms with Crippen LogP contribution in [-0.2, 0) is 13.7 Å². The number of hydrogen-bond acceptors (Lipinski definition) is 12. The Bertz CT molecular complexity index is 5260. The number of rotatable bonds is 27. The Morgan fingerprint density at radius 1 is 0.309 bits per heavy atom. The first-order chi connectivity index (χ1) is 58.8. The standard InChI is InChI=1S/3C31H30FN2O5PS/c3*32-23-14-9-21(10-15-23)28(35)8-4-7-27-30(34(31(41)33-27)24-5-2-1-3-6-24)26-18-13-22(19-29(26)36)20-11-16-25(17-12-20)40(37,38)39/h3*1-3,5-6,9-19,27-28,30,35-36H,4,7-8H2,(H,33,41)(H2,37,38,39)/t27-,28?,30-;27-,28-,30-;/m11./s1. The van der Waals surface area contributed by atoms with Crippen molar-refractivity contribution in [3.05, 3.63) is 342 Å². The summed E-state index contributed by atoms with van der Waals surface area (Å²) < 4.78 is 74.4. The van der Waals surface area contributed by atoms with Crippen LogP contribution < -0.4 is 46.6 Å². The number of halogens is 3. The van der Waals surface area contributed by atoms with Crippen LogP contribution in [0.2, 0.25) is 0 Å². The van der Waals surface area contributed by atoms with Gasteiger partial charge in [0.25, 0.3) is 0 Å². The largest absolute Gasteiger partial charge is 0.508 e. The van der Waals surface area contributed by atoms with E-state index in [9.17, 15) is 86.9 Å². The molecule has 3 aliphatic rings. The summed E-state index contributed by atoms with van der Waals surface area (Å²) in [5.41, 5.74) is 10.8. The molecular weight excluding hydrogens is 1690 g/mol. The third-order valence-corrected chi connectivity index (χ3v) is 25.9. The molecule has 21 nitrogen and oxygen atoms in total. The second-order valence-electron chi connectivity index (χ2n) is 30.2. The molecule has 30 heteroatoms. The van der Waals surface area contributed by atoms with Crippen LogP contribution >= 0.6 is 59.4 Å². The van der Waals surface area contributed by atoms with E-state index in [1.807, 2.05) is 142 Å². The minimum absolute atomic E-state index is 0.0651. The number of nitrogens with zero attached hydrogens (tertiary/aromatic N) is 3. The van der Waals surface area contributed by atoms with Crippen LogP contribution in [0.3, 0.4) is 0 Å². The highest BCUT2D eigenvalue weighted by molar-refractivity contribution is 7.81. The van der Waals surface area contributed by atoms with Crippen molar-refractivity contribution in [1.82, 2.24) is 16.0 Å². The van der Waals surface area contributed by atoms with Gasteiger partial charge in [0.05, 0.1) is 70.5 Å². The summed E-state index contributed by atoms with van der Waals surface area (Å²) >= 11 is 17.2. The van der Waals surface area contributed by atoms with Crippen LogP contribution in [0.4, 0.5) is 30.2 Å².